The topological polar surface area (TPSA) is 39.6 Å². The minimum absolute atomic E-state index is 0.139. The molecular formula is C19H25N3OS. The maximum absolute atomic E-state index is 10.7. The molecule has 2 aliphatic heterocycles. The SMILES string of the molecule is O[C@@H]1C[C@H]2CN(c3nc4ccccc4s3)C[C@H]2C[C@H]1N1CCCC1. The van der Waals surface area contributed by atoms with Crippen molar-refractivity contribution in [2.45, 2.75) is 37.8 Å². The van der Waals surface area contributed by atoms with Gasteiger partial charge in [-0.3, -0.25) is 4.90 Å². The van der Waals surface area contributed by atoms with E-state index >= 15 is 0 Å². The summed E-state index contributed by atoms with van der Waals surface area (Å²) in [6, 6.07) is 8.81. The molecule has 128 valence electrons. The molecule has 5 heteroatoms. The molecule has 0 spiro atoms. The number of rotatable bonds is 2. The lowest BCUT2D eigenvalue weighted by Gasteiger charge is -2.40. The number of aliphatic hydroxyl groups excluding tert-OH is 1. The second-order valence-corrected chi connectivity index (χ2v) is 8.75. The van der Waals surface area contributed by atoms with Crippen molar-refractivity contribution < 1.29 is 5.11 Å². The highest BCUT2D eigenvalue weighted by molar-refractivity contribution is 7.22. The van der Waals surface area contributed by atoms with Crippen molar-refractivity contribution in [3.05, 3.63) is 24.3 Å². The Morgan fingerprint density at radius 1 is 1.04 bits per heavy atom. The maximum Gasteiger partial charge on any atom is 0.186 e. The van der Waals surface area contributed by atoms with Crippen molar-refractivity contribution in [2.24, 2.45) is 11.8 Å². The van der Waals surface area contributed by atoms with Crippen molar-refractivity contribution in [3.8, 4) is 0 Å². The summed E-state index contributed by atoms with van der Waals surface area (Å²) in [6.07, 6.45) is 4.59. The van der Waals surface area contributed by atoms with E-state index in [-0.39, 0.29) is 6.10 Å². The third-order valence-corrected chi connectivity index (χ3v) is 7.37. The van der Waals surface area contributed by atoms with Crippen LogP contribution in [-0.4, -0.2) is 53.3 Å². The van der Waals surface area contributed by atoms with Crippen molar-refractivity contribution in [2.75, 3.05) is 31.1 Å². The Kier molecular flexibility index (Phi) is 3.76. The Morgan fingerprint density at radius 3 is 2.58 bits per heavy atom. The summed E-state index contributed by atoms with van der Waals surface area (Å²) in [6.45, 7) is 4.54. The van der Waals surface area contributed by atoms with Gasteiger partial charge in [-0.05, 0) is 62.7 Å². The fourth-order valence-corrected chi connectivity index (χ4v) is 6.01. The highest BCUT2D eigenvalue weighted by Gasteiger charge is 2.44. The van der Waals surface area contributed by atoms with E-state index in [1.54, 1.807) is 0 Å². The smallest absolute Gasteiger partial charge is 0.186 e. The first-order valence-electron chi connectivity index (χ1n) is 9.30. The van der Waals surface area contributed by atoms with E-state index in [4.69, 9.17) is 4.98 Å². The number of anilines is 1. The van der Waals surface area contributed by atoms with Gasteiger partial charge in [0.1, 0.15) is 0 Å². The van der Waals surface area contributed by atoms with Gasteiger partial charge in [0.2, 0.25) is 0 Å². The van der Waals surface area contributed by atoms with Crippen LogP contribution in [0, 0.1) is 11.8 Å². The predicted octanol–water partition coefficient (Wildman–Crippen LogP) is 2.97. The summed E-state index contributed by atoms with van der Waals surface area (Å²) >= 11 is 1.81. The fraction of sp³-hybridized carbons (Fsp3) is 0.632. The van der Waals surface area contributed by atoms with Crippen LogP contribution in [0.2, 0.25) is 0 Å². The molecular weight excluding hydrogens is 318 g/mol. The Balaban J connectivity index is 1.34. The summed E-state index contributed by atoms with van der Waals surface area (Å²) in [4.78, 5) is 9.85. The molecule has 3 fully saturated rings. The van der Waals surface area contributed by atoms with Crippen LogP contribution >= 0.6 is 11.3 Å². The number of hydrogen-bond donors (Lipinski definition) is 1. The van der Waals surface area contributed by atoms with Crippen molar-refractivity contribution in [3.63, 3.8) is 0 Å². The largest absolute Gasteiger partial charge is 0.391 e. The van der Waals surface area contributed by atoms with Crippen LogP contribution in [0.3, 0.4) is 0 Å². The van der Waals surface area contributed by atoms with E-state index in [0.717, 1.165) is 36.6 Å². The zero-order valence-corrected chi connectivity index (χ0v) is 14.8. The molecule has 1 aliphatic carbocycles. The molecule has 0 radical (unpaired) electrons. The summed E-state index contributed by atoms with van der Waals surface area (Å²) < 4.78 is 1.28. The lowest BCUT2D eigenvalue weighted by Crippen LogP contribution is -2.48. The zero-order chi connectivity index (χ0) is 16.1. The second-order valence-electron chi connectivity index (χ2n) is 7.74. The van der Waals surface area contributed by atoms with Crippen molar-refractivity contribution in [1.29, 1.82) is 0 Å². The molecule has 3 aliphatic rings. The van der Waals surface area contributed by atoms with E-state index < -0.39 is 0 Å². The van der Waals surface area contributed by atoms with Gasteiger partial charge in [-0.15, -0.1) is 0 Å². The molecule has 1 saturated carbocycles. The van der Waals surface area contributed by atoms with Crippen molar-refractivity contribution >= 4 is 26.7 Å². The lowest BCUT2D eigenvalue weighted by atomic mass is 9.77. The van der Waals surface area contributed by atoms with Gasteiger partial charge in [0.15, 0.2) is 5.13 Å². The summed E-state index contributed by atoms with van der Waals surface area (Å²) in [5.74, 6) is 1.34. The molecule has 2 saturated heterocycles. The van der Waals surface area contributed by atoms with Crippen LogP contribution < -0.4 is 4.90 Å². The normalized spacial score (nSPS) is 34.1. The Labute approximate surface area is 147 Å². The molecule has 24 heavy (non-hydrogen) atoms. The molecule has 5 rings (SSSR count). The van der Waals surface area contributed by atoms with Crippen LogP contribution in [0.4, 0.5) is 5.13 Å². The van der Waals surface area contributed by atoms with Gasteiger partial charge in [-0.1, -0.05) is 23.5 Å². The summed E-state index contributed by atoms with van der Waals surface area (Å²) in [7, 11) is 0. The Hall–Kier alpha value is -1.17. The average molecular weight is 343 g/mol. The molecule has 0 amide bonds. The van der Waals surface area contributed by atoms with E-state index in [9.17, 15) is 5.11 Å². The molecule has 1 aromatic heterocycles. The van der Waals surface area contributed by atoms with Gasteiger partial charge in [0.05, 0.1) is 16.3 Å². The van der Waals surface area contributed by atoms with Gasteiger partial charge in [-0.25, -0.2) is 4.98 Å². The van der Waals surface area contributed by atoms with E-state index in [1.807, 2.05) is 11.3 Å². The van der Waals surface area contributed by atoms with Crippen LogP contribution in [0.15, 0.2) is 24.3 Å². The van der Waals surface area contributed by atoms with Gasteiger partial charge < -0.3 is 10.0 Å². The molecule has 0 bridgehead atoms. The second kappa shape index (κ2) is 5.97. The summed E-state index contributed by atoms with van der Waals surface area (Å²) in [5, 5.41) is 11.8. The van der Waals surface area contributed by atoms with Gasteiger partial charge in [-0.2, -0.15) is 0 Å². The van der Waals surface area contributed by atoms with Gasteiger partial charge in [0.25, 0.3) is 0 Å². The third-order valence-electron chi connectivity index (χ3n) is 6.27. The van der Waals surface area contributed by atoms with Crippen molar-refractivity contribution in [1.82, 2.24) is 9.88 Å². The number of likely N-dealkylation sites (tertiary alicyclic amines) is 1. The summed E-state index contributed by atoms with van der Waals surface area (Å²) in [5.41, 5.74) is 1.11. The lowest BCUT2D eigenvalue weighted by molar-refractivity contribution is -0.000854. The quantitative estimate of drug-likeness (QED) is 0.910. The predicted molar refractivity (Wildman–Crippen MR) is 98.6 cm³/mol. The number of benzene rings is 1. The monoisotopic (exact) mass is 343 g/mol. The number of para-hydroxylation sites is 1. The highest BCUT2D eigenvalue weighted by Crippen LogP contribution is 2.42. The first-order valence-corrected chi connectivity index (χ1v) is 10.1. The first kappa shape index (κ1) is 15.1. The molecule has 4 nitrogen and oxygen atoms in total. The van der Waals surface area contributed by atoms with E-state index in [1.165, 1.54) is 30.6 Å². The minimum atomic E-state index is -0.139. The van der Waals surface area contributed by atoms with Crippen LogP contribution in [0.5, 0.6) is 0 Å². The number of aliphatic hydroxyl groups is 1. The van der Waals surface area contributed by atoms with E-state index in [0.29, 0.717) is 17.9 Å². The number of hydrogen-bond acceptors (Lipinski definition) is 5. The average Bonchev–Trinajstić information content (AvgIpc) is 3.31. The number of nitrogens with zero attached hydrogens (tertiary/aromatic N) is 3. The third kappa shape index (κ3) is 2.54. The van der Waals surface area contributed by atoms with Gasteiger partial charge >= 0.3 is 0 Å². The molecule has 4 atom stereocenters. The fourth-order valence-electron chi connectivity index (χ4n) is 5.02. The Bertz CT molecular complexity index is 693. The number of fused-ring (bicyclic) bond motifs is 2. The van der Waals surface area contributed by atoms with Crippen LogP contribution in [0.25, 0.3) is 10.2 Å². The van der Waals surface area contributed by atoms with Crippen LogP contribution in [0.1, 0.15) is 25.7 Å². The zero-order valence-electron chi connectivity index (χ0n) is 14.0. The highest BCUT2D eigenvalue weighted by atomic mass is 32.1. The Morgan fingerprint density at radius 2 is 1.79 bits per heavy atom. The number of thiazole rings is 1. The molecule has 2 aromatic rings. The molecule has 1 N–H and O–H groups in total. The molecule has 1 aromatic carbocycles. The van der Waals surface area contributed by atoms with Crippen LogP contribution in [-0.2, 0) is 0 Å². The molecule has 0 unspecified atom stereocenters. The van der Waals surface area contributed by atoms with Gasteiger partial charge in [0, 0.05) is 19.1 Å². The number of aromatic nitrogens is 1. The standard InChI is InChI=1S/C19H25N3OS/c23-17-10-14-12-22(19-20-15-5-1-2-6-18(15)24-19)11-13(14)9-16(17)21-7-3-4-8-21/h1-2,5-6,13-14,16-17,23H,3-4,7-12H2/t13-,14+,16-,17-/m1/s1. The maximum atomic E-state index is 10.7. The molecule has 3 heterocycles. The first-order chi connectivity index (χ1) is 11.8. The van der Waals surface area contributed by atoms with E-state index in [2.05, 4.69) is 34.1 Å². The minimum Gasteiger partial charge on any atom is -0.391 e.